The zero-order valence-electron chi connectivity index (χ0n) is 10.9. The molecule has 1 aromatic rings. The molecular weight excluding hydrogens is 272 g/mol. The Labute approximate surface area is 114 Å². The van der Waals surface area contributed by atoms with E-state index in [0.717, 1.165) is 5.56 Å². The highest BCUT2D eigenvalue weighted by molar-refractivity contribution is 7.94. The average Bonchev–Trinajstić information content (AvgIpc) is 2.36. The van der Waals surface area contributed by atoms with Gasteiger partial charge >= 0.3 is 0 Å². The number of aliphatic hydroxyl groups is 1. The van der Waals surface area contributed by atoms with Crippen LogP contribution in [0.25, 0.3) is 0 Å². The van der Waals surface area contributed by atoms with Crippen LogP contribution >= 0.6 is 11.6 Å². The molecule has 0 aromatic heterocycles. The van der Waals surface area contributed by atoms with Gasteiger partial charge in [0.2, 0.25) is 0 Å². The Morgan fingerprint density at radius 1 is 1.39 bits per heavy atom. The summed E-state index contributed by atoms with van der Waals surface area (Å²) in [6.07, 6.45) is -1.08. The van der Waals surface area contributed by atoms with Gasteiger partial charge in [-0.2, -0.15) is 0 Å². The molecule has 0 aliphatic carbocycles. The van der Waals surface area contributed by atoms with Crippen molar-refractivity contribution in [1.82, 2.24) is 0 Å². The molecule has 0 spiro atoms. The molecule has 1 N–H and O–H groups in total. The zero-order chi connectivity index (χ0) is 14.0. The summed E-state index contributed by atoms with van der Waals surface area (Å²) in [4.78, 5) is 0. The average molecular weight is 291 g/mol. The molecule has 0 bridgehead atoms. The van der Waals surface area contributed by atoms with Crippen LogP contribution in [0.4, 0.5) is 0 Å². The topological polar surface area (TPSA) is 54.4 Å². The molecule has 0 aliphatic heterocycles. The summed E-state index contributed by atoms with van der Waals surface area (Å²) in [5.41, 5.74) is 1.49. The molecular formula is C13H19ClO3S. The predicted molar refractivity (Wildman–Crippen MR) is 74.5 cm³/mol. The molecule has 1 rings (SSSR count). The molecule has 102 valence electrons. The minimum atomic E-state index is -3.55. The van der Waals surface area contributed by atoms with Crippen molar-refractivity contribution in [3.8, 4) is 0 Å². The van der Waals surface area contributed by atoms with Crippen molar-refractivity contribution >= 4 is 21.4 Å². The summed E-state index contributed by atoms with van der Waals surface area (Å²) in [5, 5.41) is 10.3. The number of sulfone groups is 1. The smallest absolute Gasteiger partial charge is 0.175 e. The molecule has 0 aliphatic rings. The quantitative estimate of drug-likeness (QED) is 0.849. The van der Waals surface area contributed by atoms with E-state index in [1.54, 1.807) is 25.1 Å². The third-order valence-corrected chi connectivity index (χ3v) is 6.63. The van der Waals surface area contributed by atoms with Crippen LogP contribution in [0.5, 0.6) is 0 Å². The van der Waals surface area contributed by atoms with Gasteiger partial charge in [-0.05, 0) is 18.9 Å². The standard InChI is InChI=1S/C13H19ClO3S/c1-4-13(14,18(16,17)5-2)12(15)11-8-6-7-10(3)9-11/h6-9,12,15H,4-5H2,1-3H3/t12-,13-/m0/s1. The van der Waals surface area contributed by atoms with Crippen molar-refractivity contribution in [1.29, 1.82) is 0 Å². The van der Waals surface area contributed by atoms with Crippen molar-refractivity contribution in [3.63, 3.8) is 0 Å². The van der Waals surface area contributed by atoms with Crippen LogP contribution in [0.15, 0.2) is 24.3 Å². The highest BCUT2D eigenvalue weighted by atomic mass is 35.5. The molecule has 0 fully saturated rings. The molecule has 18 heavy (non-hydrogen) atoms. The van der Waals surface area contributed by atoms with Crippen molar-refractivity contribution in [2.75, 3.05) is 5.75 Å². The van der Waals surface area contributed by atoms with Crippen LogP contribution in [-0.4, -0.2) is 23.5 Å². The van der Waals surface area contributed by atoms with Crippen LogP contribution in [0, 0.1) is 6.92 Å². The minimum Gasteiger partial charge on any atom is -0.385 e. The molecule has 0 radical (unpaired) electrons. The highest BCUT2D eigenvalue weighted by Crippen LogP contribution is 2.40. The first-order chi connectivity index (χ1) is 8.28. The maximum absolute atomic E-state index is 12.1. The van der Waals surface area contributed by atoms with Crippen LogP contribution in [-0.2, 0) is 9.84 Å². The van der Waals surface area contributed by atoms with Gasteiger partial charge in [0.25, 0.3) is 0 Å². The maximum Gasteiger partial charge on any atom is 0.175 e. The molecule has 0 saturated carbocycles. The summed E-state index contributed by atoms with van der Waals surface area (Å²) < 4.78 is 22.5. The lowest BCUT2D eigenvalue weighted by Gasteiger charge is -2.30. The van der Waals surface area contributed by atoms with E-state index in [2.05, 4.69) is 0 Å². The Kier molecular flexibility index (Phi) is 4.81. The fourth-order valence-corrected chi connectivity index (χ4v) is 3.76. The molecule has 0 unspecified atom stereocenters. The predicted octanol–water partition coefficient (Wildman–Crippen LogP) is 2.81. The first kappa shape index (κ1) is 15.5. The normalized spacial score (nSPS) is 17.2. The lowest BCUT2D eigenvalue weighted by molar-refractivity contribution is 0.154. The monoisotopic (exact) mass is 290 g/mol. The molecule has 1 aromatic carbocycles. The van der Waals surface area contributed by atoms with Gasteiger partial charge in [0.1, 0.15) is 6.10 Å². The summed E-state index contributed by atoms with van der Waals surface area (Å²) in [6, 6.07) is 7.10. The summed E-state index contributed by atoms with van der Waals surface area (Å²) in [7, 11) is -3.55. The van der Waals surface area contributed by atoms with E-state index in [1.165, 1.54) is 6.92 Å². The largest absolute Gasteiger partial charge is 0.385 e. The van der Waals surface area contributed by atoms with Gasteiger partial charge in [-0.1, -0.05) is 55.3 Å². The Hall–Kier alpha value is -0.580. The number of hydrogen-bond donors (Lipinski definition) is 1. The number of halogens is 1. The number of alkyl halides is 1. The van der Waals surface area contributed by atoms with Gasteiger partial charge in [-0.3, -0.25) is 0 Å². The highest BCUT2D eigenvalue weighted by Gasteiger charge is 2.46. The summed E-state index contributed by atoms with van der Waals surface area (Å²) >= 11 is 6.21. The number of hydrogen-bond acceptors (Lipinski definition) is 3. The summed E-state index contributed by atoms with van der Waals surface area (Å²) in [6.45, 7) is 5.08. The van der Waals surface area contributed by atoms with E-state index < -0.39 is 20.1 Å². The van der Waals surface area contributed by atoms with E-state index >= 15 is 0 Å². The van der Waals surface area contributed by atoms with Gasteiger partial charge in [0, 0.05) is 5.75 Å². The van der Waals surface area contributed by atoms with Crippen molar-refractivity contribution in [2.45, 2.75) is 37.5 Å². The van der Waals surface area contributed by atoms with Crippen molar-refractivity contribution in [2.24, 2.45) is 0 Å². The van der Waals surface area contributed by atoms with Crippen LogP contribution < -0.4 is 0 Å². The second-order valence-electron chi connectivity index (χ2n) is 4.36. The van der Waals surface area contributed by atoms with Gasteiger partial charge < -0.3 is 5.11 Å². The van der Waals surface area contributed by atoms with E-state index in [9.17, 15) is 13.5 Å². The second-order valence-corrected chi connectivity index (χ2v) is 7.79. The maximum atomic E-state index is 12.1. The summed E-state index contributed by atoms with van der Waals surface area (Å²) in [5.74, 6) is -0.0901. The number of rotatable bonds is 5. The van der Waals surface area contributed by atoms with Crippen molar-refractivity contribution in [3.05, 3.63) is 35.4 Å². The van der Waals surface area contributed by atoms with Crippen molar-refractivity contribution < 1.29 is 13.5 Å². The van der Waals surface area contributed by atoms with E-state index in [-0.39, 0.29) is 12.2 Å². The molecule has 3 nitrogen and oxygen atoms in total. The van der Waals surface area contributed by atoms with E-state index in [1.807, 2.05) is 13.0 Å². The number of benzene rings is 1. The van der Waals surface area contributed by atoms with Gasteiger partial charge in [-0.25, -0.2) is 8.42 Å². The zero-order valence-corrected chi connectivity index (χ0v) is 12.4. The van der Waals surface area contributed by atoms with E-state index in [0.29, 0.717) is 5.56 Å². The molecule has 5 heteroatoms. The second kappa shape index (κ2) is 5.59. The van der Waals surface area contributed by atoms with Crippen LogP contribution in [0.2, 0.25) is 0 Å². The number of aliphatic hydroxyl groups excluding tert-OH is 1. The first-order valence-electron chi connectivity index (χ1n) is 5.94. The molecule has 0 amide bonds. The van der Waals surface area contributed by atoms with E-state index in [4.69, 9.17) is 11.6 Å². The molecule has 2 atom stereocenters. The van der Waals surface area contributed by atoms with Crippen LogP contribution in [0.3, 0.4) is 0 Å². The lowest BCUT2D eigenvalue weighted by Crippen LogP contribution is -2.39. The molecule has 0 saturated heterocycles. The Bertz CT molecular complexity index is 513. The number of aryl methyl sites for hydroxylation is 1. The Morgan fingerprint density at radius 2 is 2.00 bits per heavy atom. The third-order valence-electron chi connectivity index (χ3n) is 3.15. The molecule has 0 heterocycles. The Balaban J connectivity index is 3.26. The SMILES string of the molecule is CC[C@@](Cl)([C@@H](O)c1cccc(C)c1)S(=O)(=O)CC. The fourth-order valence-electron chi connectivity index (χ4n) is 1.91. The third kappa shape index (κ3) is 2.71. The minimum absolute atomic E-state index is 0.0901. The van der Waals surface area contributed by atoms with Gasteiger partial charge in [0.15, 0.2) is 14.0 Å². The van der Waals surface area contributed by atoms with Crippen LogP contribution in [0.1, 0.15) is 37.5 Å². The first-order valence-corrected chi connectivity index (χ1v) is 7.97. The van der Waals surface area contributed by atoms with Gasteiger partial charge in [-0.15, -0.1) is 0 Å². The lowest BCUT2D eigenvalue weighted by atomic mass is 10.0. The fraction of sp³-hybridized carbons (Fsp3) is 0.538. The Morgan fingerprint density at radius 3 is 2.44 bits per heavy atom. The van der Waals surface area contributed by atoms with Gasteiger partial charge in [0.05, 0.1) is 0 Å².